The van der Waals surface area contributed by atoms with Crippen LogP contribution in [0.15, 0.2) is 59.0 Å². The van der Waals surface area contributed by atoms with Crippen molar-refractivity contribution in [1.29, 1.82) is 0 Å². The standard InChI is InChI=1S/C21H21N3OS/c1-21(2)11-10-17-12-15(8-9-19(17)25-21)13-22-24-20-23-18(14-26-20)16-6-4-3-5-7-16/h3-9,12-14H,10-11H2,1-2H3,(H,23,24). The first-order chi connectivity index (χ1) is 12.6. The Kier molecular flexibility index (Phi) is 4.47. The zero-order chi connectivity index (χ0) is 18.0. The maximum Gasteiger partial charge on any atom is 0.203 e. The molecule has 1 aromatic heterocycles. The van der Waals surface area contributed by atoms with Gasteiger partial charge in [-0.15, -0.1) is 11.3 Å². The number of nitrogens with zero attached hydrogens (tertiary/aromatic N) is 2. The molecule has 1 aliphatic rings. The average Bonchev–Trinajstić information content (AvgIpc) is 3.11. The van der Waals surface area contributed by atoms with E-state index in [4.69, 9.17) is 4.74 Å². The zero-order valence-electron chi connectivity index (χ0n) is 14.9. The van der Waals surface area contributed by atoms with E-state index in [-0.39, 0.29) is 5.60 Å². The lowest BCUT2D eigenvalue weighted by Crippen LogP contribution is -2.32. The maximum atomic E-state index is 6.02. The molecule has 5 heteroatoms. The minimum atomic E-state index is -0.0779. The molecule has 0 bridgehead atoms. The number of hydrogen-bond acceptors (Lipinski definition) is 5. The van der Waals surface area contributed by atoms with Gasteiger partial charge in [-0.25, -0.2) is 4.98 Å². The van der Waals surface area contributed by atoms with Gasteiger partial charge in [0.15, 0.2) is 0 Å². The number of hydrogen-bond donors (Lipinski definition) is 1. The summed E-state index contributed by atoms with van der Waals surface area (Å²) in [5, 5.41) is 7.14. The van der Waals surface area contributed by atoms with Crippen LogP contribution in [0.3, 0.4) is 0 Å². The fraction of sp³-hybridized carbons (Fsp3) is 0.238. The SMILES string of the molecule is CC1(C)CCc2cc(C=NNc3nc(-c4ccccc4)cs3)ccc2O1. The van der Waals surface area contributed by atoms with Crippen molar-refractivity contribution in [2.45, 2.75) is 32.3 Å². The molecule has 0 spiro atoms. The third kappa shape index (κ3) is 3.78. The lowest BCUT2D eigenvalue weighted by Gasteiger charge is -2.32. The minimum absolute atomic E-state index is 0.0779. The molecule has 2 heterocycles. The van der Waals surface area contributed by atoms with Crippen molar-refractivity contribution in [2.24, 2.45) is 5.10 Å². The van der Waals surface area contributed by atoms with Crippen LogP contribution in [-0.2, 0) is 6.42 Å². The number of hydrazone groups is 1. The minimum Gasteiger partial charge on any atom is -0.488 e. The Balaban J connectivity index is 1.43. The van der Waals surface area contributed by atoms with Gasteiger partial charge in [0, 0.05) is 10.9 Å². The fourth-order valence-corrected chi connectivity index (χ4v) is 3.66. The van der Waals surface area contributed by atoms with Crippen LogP contribution in [0.5, 0.6) is 5.75 Å². The molecule has 0 amide bonds. The van der Waals surface area contributed by atoms with Crippen molar-refractivity contribution in [2.75, 3.05) is 5.43 Å². The van der Waals surface area contributed by atoms with Gasteiger partial charge < -0.3 is 4.74 Å². The van der Waals surface area contributed by atoms with E-state index < -0.39 is 0 Å². The van der Waals surface area contributed by atoms with Crippen molar-refractivity contribution in [3.63, 3.8) is 0 Å². The smallest absolute Gasteiger partial charge is 0.203 e. The summed E-state index contributed by atoms with van der Waals surface area (Å²) in [5.74, 6) is 0.985. The molecular formula is C21H21N3OS. The lowest BCUT2D eigenvalue weighted by molar-refractivity contribution is 0.0847. The molecule has 0 aliphatic carbocycles. The molecule has 26 heavy (non-hydrogen) atoms. The fourth-order valence-electron chi connectivity index (χ4n) is 2.99. The predicted molar refractivity (Wildman–Crippen MR) is 108 cm³/mol. The van der Waals surface area contributed by atoms with Gasteiger partial charge in [0.2, 0.25) is 5.13 Å². The molecule has 0 fully saturated rings. The van der Waals surface area contributed by atoms with Gasteiger partial charge >= 0.3 is 0 Å². The summed E-state index contributed by atoms with van der Waals surface area (Å²) in [6.45, 7) is 4.26. The number of nitrogens with one attached hydrogen (secondary N) is 1. The van der Waals surface area contributed by atoms with Crippen molar-refractivity contribution in [1.82, 2.24) is 4.98 Å². The van der Waals surface area contributed by atoms with E-state index >= 15 is 0 Å². The van der Waals surface area contributed by atoms with E-state index in [1.807, 2.05) is 41.9 Å². The van der Waals surface area contributed by atoms with Crippen molar-refractivity contribution >= 4 is 22.7 Å². The molecular weight excluding hydrogens is 342 g/mol. The molecule has 0 atom stereocenters. The van der Waals surface area contributed by atoms with Crippen molar-refractivity contribution in [3.8, 4) is 17.0 Å². The third-order valence-corrected chi connectivity index (χ3v) is 5.16. The van der Waals surface area contributed by atoms with Gasteiger partial charge in [0.25, 0.3) is 0 Å². The van der Waals surface area contributed by atoms with Gasteiger partial charge in [-0.2, -0.15) is 5.10 Å². The Bertz CT molecular complexity index is 931. The molecule has 0 saturated heterocycles. The van der Waals surface area contributed by atoms with Crippen LogP contribution in [0, 0.1) is 0 Å². The van der Waals surface area contributed by atoms with E-state index in [9.17, 15) is 0 Å². The summed E-state index contributed by atoms with van der Waals surface area (Å²) in [6, 6.07) is 16.4. The molecule has 0 radical (unpaired) electrons. The van der Waals surface area contributed by atoms with Gasteiger partial charge in [0.1, 0.15) is 11.4 Å². The summed E-state index contributed by atoms with van der Waals surface area (Å²) in [6.07, 6.45) is 3.88. The molecule has 0 saturated carbocycles. The molecule has 3 aromatic rings. The third-order valence-electron chi connectivity index (χ3n) is 4.41. The van der Waals surface area contributed by atoms with E-state index in [0.717, 1.165) is 40.5 Å². The van der Waals surface area contributed by atoms with Gasteiger partial charge in [-0.05, 0) is 56.0 Å². The van der Waals surface area contributed by atoms with Crippen LogP contribution in [0.2, 0.25) is 0 Å². The molecule has 1 aliphatic heterocycles. The van der Waals surface area contributed by atoms with E-state index in [0.29, 0.717) is 0 Å². The Morgan fingerprint density at radius 2 is 2.04 bits per heavy atom. The molecule has 0 unspecified atom stereocenters. The number of benzene rings is 2. The number of ether oxygens (including phenoxy) is 1. The lowest BCUT2D eigenvalue weighted by atomic mass is 9.93. The van der Waals surface area contributed by atoms with Crippen LogP contribution in [0.1, 0.15) is 31.4 Å². The quantitative estimate of drug-likeness (QED) is 0.501. The second kappa shape index (κ2) is 6.92. The highest BCUT2D eigenvalue weighted by Crippen LogP contribution is 2.33. The number of thiazole rings is 1. The summed E-state index contributed by atoms with van der Waals surface area (Å²) in [4.78, 5) is 4.57. The summed E-state index contributed by atoms with van der Waals surface area (Å²) < 4.78 is 6.02. The van der Waals surface area contributed by atoms with E-state index in [1.165, 1.54) is 5.56 Å². The van der Waals surface area contributed by atoms with Crippen LogP contribution >= 0.6 is 11.3 Å². The maximum absolute atomic E-state index is 6.02. The molecule has 4 nitrogen and oxygen atoms in total. The van der Waals surface area contributed by atoms with Crippen molar-refractivity contribution < 1.29 is 4.74 Å². The molecule has 4 rings (SSSR count). The highest BCUT2D eigenvalue weighted by molar-refractivity contribution is 7.14. The largest absolute Gasteiger partial charge is 0.488 e. The second-order valence-corrected chi connectivity index (χ2v) is 7.86. The topological polar surface area (TPSA) is 46.5 Å². The molecule has 2 aromatic carbocycles. The Hall–Kier alpha value is -2.66. The molecule has 1 N–H and O–H groups in total. The zero-order valence-corrected chi connectivity index (χ0v) is 15.7. The van der Waals surface area contributed by atoms with Gasteiger partial charge in [-0.3, -0.25) is 5.43 Å². The number of aryl methyl sites for hydroxylation is 1. The number of anilines is 1. The summed E-state index contributed by atoms with van der Waals surface area (Å²) in [5.41, 5.74) is 7.31. The Morgan fingerprint density at radius 1 is 1.19 bits per heavy atom. The first-order valence-electron chi connectivity index (χ1n) is 8.71. The van der Waals surface area contributed by atoms with Crippen LogP contribution < -0.4 is 10.2 Å². The first-order valence-corrected chi connectivity index (χ1v) is 9.59. The van der Waals surface area contributed by atoms with Crippen molar-refractivity contribution in [3.05, 3.63) is 65.0 Å². The number of fused-ring (bicyclic) bond motifs is 1. The van der Waals surface area contributed by atoms with E-state index in [2.05, 4.69) is 47.6 Å². The van der Waals surface area contributed by atoms with E-state index in [1.54, 1.807) is 11.3 Å². The monoisotopic (exact) mass is 363 g/mol. The highest BCUT2D eigenvalue weighted by Gasteiger charge is 2.26. The number of rotatable bonds is 4. The summed E-state index contributed by atoms with van der Waals surface area (Å²) in [7, 11) is 0. The highest BCUT2D eigenvalue weighted by atomic mass is 32.1. The van der Waals surface area contributed by atoms with Crippen LogP contribution in [0.25, 0.3) is 11.3 Å². The van der Waals surface area contributed by atoms with Crippen LogP contribution in [-0.4, -0.2) is 16.8 Å². The first kappa shape index (κ1) is 16.8. The predicted octanol–water partition coefficient (Wildman–Crippen LogP) is 5.36. The molecule has 132 valence electrons. The number of aromatic nitrogens is 1. The van der Waals surface area contributed by atoms with Gasteiger partial charge in [0.05, 0.1) is 11.9 Å². The average molecular weight is 363 g/mol. The van der Waals surface area contributed by atoms with Gasteiger partial charge in [-0.1, -0.05) is 30.3 Å². The van der Waals surface area contributed by atoms with Crippen LogP contribution in [0.4, 0.5) is 5.13 Å². The Labute approximate surface area is 157 Å². The Morgan fingerprint density at radius 3 is 2.88 bits per heavy atom. The summed E-state index contributed by atoms with van der Waals surface area (Å²) >= 11 is 1.55. The second-order valence-electron chi connectivity index (χ2n) is 7.00. The normalized spacial score (nSPS) is 15.5.